The van der Waals surface area contributed by atoms with Crippen molar-refractivity contribution < 1.29 is 9.18 Å². The van der Waals surface area contributed by atoms with E-state index in [2.05, 4.69) is 21.6 Å². The molecule has 0 amide bonds. The van der Waals surface area contributed by atoms with E-state index in [0.717, 1.165) is 23.3 Å². The third-order valence-electron chi connectivity index (χ3n) is 4.89. The number of nitrogens with zero attached hydrogens (tertiary/aromatic N) is 1. The fraction of sp³-hybridized carbons (Fsp3) is 0.286. The number of fused-ring (bicyclic) bond motifs is 1. The molecule has 0 aliphatic carbocycles. The highest BCUT2D eigenvalue weighted by atomic mass is 32.2. The first-order valence-corrected chi connectivity index (χ1v) is 12.8. The van der Waals surface area contributed by atoms with Crippen molar-refractivity contribution in [3.05, 3.63) is 83.4 Å². The van der Waals surface area contributed by atoms with Crippen LogP contribution in [0.2, 0.25) is 0 Å². The average Bonchev–Trinajstić information content (AvgIpc) is 3.31. The Kier molecular flexibility index (Phi) is 10.8. The van der Waals surface area contributed by atoms with Gasteiger partial charge in [-0.15, -0.1) is 0 Å². The van der Waals surface area contributed by atoms with Crippen LogP contribution in [0.5, 0.6) is 0 Å². The second kappa shape index (κ2) is 13.6. The van der Waals surface area contributed by atoms with Gasteiger partial charge in [0.25, 0.3) is 0 Å². The van der Waals surface area contributed by atoms with Crippen molar-refractivity contribution in [2.75, 3.05) is 10.5 Å². The molecule has 0 aliphatic heterocycles. The van der Waals surface area contributed by atoms with Crippen molar-refractivity contribution in [1.82, 2.24) is 9.97 Å². The van der Waals surface area contributed by atoms with E-state index in [4.69, 9.17) is 0 Å². The zero-order valence-corrected chi connectivity index (χ0v) is 21.6. The van der Waals surface area contributed by atoms with Gasteiger partial charge in [0.05, 0.1) is 11.3 Å². The lowest BCUT2D eigenvalue weighted by Crippen LogP contribution is -2.06. The molecule has 2 aromatic heterocycles. The molecule has 0 saturated heterocycles. The molecule has 4 nitrogen and oxygen atoms in total. The molecule has 0 unspecified atom stereocenters. The molecule has 0 fully saturated rings. The molecule has 0 aliphatic rings. The predicted octanol–water partition coefficient (Wildman–Crippen LogP) is 8.43. The minimum atomic E-state index is -0.539. The summed E-state index contributed by atoms with van der Waals surface area (Å²) >= 11 is 1.42. The number of nitrogens with one attached hydrogen (secondary N) is 2. The van der Waals surface area contributed by atoms with Crippen LogP contribution in [0.4, 0.5) is 10.1 Å². The van der Waals surface area contributed by atoms with Gasteiger partial charge in [-0.05, 0) is 37.1 Å². The Bertz CT molecular complexity index is 1200. The molecule has 0 atom stereocenters. The average molecular weight is 480 g/mol. The van der Waals surface area contributed by atoms with E-state index in [-0.39, 0.29) is 11.3 Å². The van der Waals surface area contributed by atoms with Crippen LogP contribution in [0, 0.1) is 12.7 Å². The Labute approximate surface area is 206 Å². The third kappa shape index (κ3) is 6.26. The Balaban J connectivity index is 0.000000970. The SMILES string of the molecule is CC.CC.CCCSNc1cccc(C(=O)c2c[nH]c3ncc(-c4ccc(C)cc4)cc23)c1F. The van der Waals surface area contributed by atoms with Gasteiger partial charge in [0.1, 0.15) is 5.65 Å². The van der Waals surface area contributed by atoms with E-state index in [1.165, 1.54) is 23.6 Å². The van der Waals surface area contributed by atoms with Gasteiger partial charge in [-0.2, -0.15) is 0 Å². The fourth-order valence-electron chi connectivity index (χ4n) is 3.26. The highest BCUT2D eigenvalue weighted by Gasteiger charge is 2.20. The maximum atomic E-state index is 15.0. The number of aromatic amines is 1. The summed E-state index contributed by atoms with van der Waals surface area (Å²) < 4.78 is 18.0. The van der Waals surface area contributed by atoms with Gasteiger partial charge in [-0.1, -0.05) is 82.5 Å². The standard InChI is InChI=1S/C24H22FN3OS.2C2H6/c1-3-11-30-28-21-6-4-5-18(22(21)25)23(29)20-14-27-24-19(20)12-17(13-26-24)16-9-7-15(2)8-10-16;2*1-2/h4-10,12-14,28H,3,11H2,1-2H3,(H,26,27);2*1-2H3. The maximum absolute atomic E-state index is 15.0. The van der Waals surface area contributed by atoms with Gasteiger partial charge < -0.3 is 9.71 Å². The summed E-state index contributed by atoms with van der Waals surface area (Å²) in [5.41, 5.74) is 4.46. The molecule has 0 saturated carbocycles. The van der Waals surface area contributed by atoms with Crippen LogP contribution in [-0.2, 0) is 0 Å². The van der Waals surface area contributed by atoms with Gasteiger partial charge in [0.2, 0.25) is 0 Å². The summed E-state index contributed by atoms with van der Waals surface area (Å²) in [4.78, 5) is 20.7. The zero-order chi connectivity index (χ0) is 25.1. The zero-order valence-electron chi connectivity index (χ0n) is 20.8. The number of benzene rings is 2. The number of aryl methyl sites for hydroxylation is 1. The lowest BCUT2D eigenvalue weighted by molar-refractivity contribution is 0.103. The number of rotatable bonds is 7. The molecular formula is C28H34FN3OS. The van der Waals surface area contributed by atoms with E-state index in [1.54, 1.807) is 24.5 Å². The number of aromatic nitrogens is 2. The van der Waals surface area contributed by atoms with Gasteiger partial charge in [0.15, 0.2) is 11.6 Å². The van der Waals surface area contributed by atoms with Gasteiger partial charge in [0, 0.05) is 34.7 Å². The number of hydrogen-bond acceptors (Lipinski definition) is 4. The minimum Gasteiger partial charge on any atom is -0.345 e. The summed E-state index contributed by atoms with van der Waals surface area (Å²) in [6.45, 7) is 12.1. The number of carbonyl (C=O) groups excluding carboxylic acids is 1. The van der Waals surface area contributed by atoms with Crippen LogP contribution in [0.1, 0.15) is 62.5 Å². The Hall–Kier alpha value is -3.12. The van der Waals surface area contributed by atoms with Crippen LogP contribution in [0.25, 0.3) is 22.2 Å². The first-order valence-electron chi connectivity index (χ1n) is 11.8. The topological polar surface area (TPSA) is 57.8 Å². The number of halogens is 1. The van der Waals surface area contributed by atoms with Crippen LogP contribution in [0.3, 0.4) is 0 Å². The molecule has 4 rings (SSSR count). The Morgan fingerprint density at radius 3 is 2.41 bits per heavy atom. The van der Waals surface area contributed by atoms with E-state index in [0.29, 0.717) is 22.3 Å². The summed E-state index contributed by atoms with van der Waals surface area (Å²) in [6, 6.07) is 14.9. The molecule has 2 aromatic carbocycles. The number of pyridine rings is 1. The molecular weight excluding hydrogens is 445 g/mol. The van der Waals surface area contributed by atoms with Crippen molar-refractivity contribution in [1.29, 1.82) is 0 Å². The predicted molar refractivity (Wildman–Crippen MR) is 145 cm³/mol. The van der Waals surface area contributed by atoms with Crippen molar-refractivity contribution in [3.63, 3.8) is 0 Å². The molecule has 34 heavy (non-hydrogen) atoms. The van der Waals surface area contributed by atoms with Crippen LogP contribution < -0.4 is 4.72 Å². The van der Waals surface area contributed by atoms with Crippen LogP contribution in [0.15, 0.2) is 60.9 Å². The molecule has 2 N–H and O–H groups in total. The minimum absolute atomic E-state index is 0.0405. The van der Waals surface area contributed by atoms with E-state index in [1.807, 2.05) is 65.0 Å². The molecule has 0 radical (unpaired) electrons. The number of hydrogen-bond donors (Lipinski definition) is 2. The van der Waals surface area contributed by atoms with Crippen molar-refractivity contribution >= 4 is 34.5 Å². The van der Waals surface area contributed by atoms with Gasteiger partial charge >= 0.3 is 0 Å². The fourth-order valence-corrected chi connectivity index (χ4v) is 3.88. The second-order valence-corrected chi connectivity index (χ2v) is 8.04. The van der Waals surface area contributed by atoms with Gasteiger partial charge in [-0.3, -0.25) is 4.79 Å². The van der Waals surface area contributed by atoms with Crippen molar-refractivity contribution in [2.24, 2.45) is 0 Å². The van der Waals surface area contributed by atoms with Crippen molar-refractivity contribution in [3.8, 4) is 11.1 Å². The molecule has 0 bridgehead atoms. The maximum Gasteiger partial charge on any atom is 0.198 e. The Morgan fingerprint density at radius 2 is 1.74 bits per heavy atom. The number of ketones is 1. The molecule has 6 heteroatoms. The third-order valence-corrected chi connectivity index (χ3v) is 5.87. The summed E-state index contributed by atoms with van der Waals surface area (Å²) in [7, 11) is 0. The van der Waals surface area contributed by atoms with E-state index >= 15 is 4.39 Å². The lowest BCUT2D eigenvalue weighted by Gasteiger charge is -2.09. The highest BCUT2D eigenvalue weighted by molar-refractivity contribution is 8.00. The summed E-state index contributed by atoms with van der Waals surface area (Å²) in [6.07, 6.45) is 4.35. The number of carbonyl (C=O) groups is 1. The van der Waals surface area contributed by atoms with Crippen LogP contribution in [-0.4, -0.2) is 21.5 Å². The quantitative estimate of drug-likeness (QED) is 0.159. The smallest absolute Gasteiger partial charge is 0.198 e. The first-order chi connectivity index (χ1) is 16.6. The molecule has 2 heterocycles. The largest absolute Gasteiger partial charge is 0.345 e. The number of anilines is 1. The molecule has 180 valence electrons. The first kappa shape index (κ1) is 27.1. The summed E-state index contributed by atoms with van der Waals surface area (Å²) in [5.74, 6) is -0.0538. The normalized spacial score (nSPS) is 10.1. The monoisotopic (exact) mass is 479 g/mol. The molecule has 0 spiro atoms. The van der Waals surface area contributed by atoms with E-state index in [9.17, 15) is 4.79 Å². The highest BCUT2D eigenvalue weighted by Crippen LogP contribution is 2.28. The molecule has 4 aromatic rings. The van der Waals surface area contributed by atoms with E-state index < -0.39 is 5.82 Å². The summed E-state index contributed by atoms with van der Waals surface area (Å²) in [5, 5.41) is 0.677. The van der Waals surface area contributed by atoms with Crippen LogP contribution >= 0.6 is 11.9 Å². The van der Waals surface area contributed by atoms with Gasteiger partial charge in [-0.25, -0.2) is 9.37 Å². The second-order valence-electron chi connectivity index (χ2n) is 7.14. The Morgan fingerprint density at radius 1 is 1.03 bits per heavy atom. The van der Waals surface area contributed by atoms with Crippen molar-refractivity contribution in [2.45, 2.75) is 48.0 Å². The lowest BCUT2D eigenvalue weighted by atomic mass is 10.00. The number of H-pyrrole nitrogens is 1.